The summed E-state index contributed by atoms with van der Waals surface area (Å²) in [5.74, 6) is -0.0437. The van der Waals surface area contributed by atoms with E-state index in [1.807, 2.05) is 4.90 Å². The van der Waals surface area contributed by atoms with Crippen LogP contribution in [0.5, 0.6) is 0 Å². The average Bonchev–Trinajstić information content (AvgIpc) is 2.31. The first-order chi connectivity index (χ1) is 8.08. The largest absolute Gasteiger partial charge is 0.397 e. The van der Waals surface area contributed by atoms with Gasteiger partial charge in [0.05, 0.1) is 17.9 Å². The Balaban J connectivity index is 2.95. The van der Waals surface area contributed by atoms with Crippen molar-refractivity contribution < 1.29 is 4.79 Å². The van der Waals surface area contributed by atoms with Gasteiger partial charge in [0, 0.05) is 18.6 Å². The van der Waals surface area contributed by atoms with Crippen molar-refractivity contribution >= 4 is 28.9 Å². The fourth-order valence-electron chi connectivity index (χ4n) is 1.60. The van der Waals surface area contributed by atoms with E-state index in [0.29, 0.717) is 10.7 Å². The van der Waals surface area contributed by atoms with Crippen molar-refractivity contribution in [1.82, 2.24) is 5.32 Å². The van der Waals surface area contributed by atoms with E-state index in [1.165, 1.54) is 0 Å². The van der Waals surface area contributed by atoms with E-state index in [2.05, 4.69) is 12.2 Å². The number of benzene rings is 1. The second-order valence-electron chi connectivity index (χ2n) is 3.80. The smallest absolute Gasteiger partial charge is 0.239 e. The van der Waals surface area contributed by atoms with Crippen molar-refractivity contribution in [3.05, 3.63) is 23.2 Å². The summed E-state index contributed by atoms with van der Waals surface area (Å²) in [6.45, 7) is 3.10. The summed E-state index contributed by atoms with van der Waals surface area (Å²) in [6, 6.07) is 5.28. The molecule has 1 amide bonds. The monoisotopic (exact) mass is 255 g/mol. The summed E-state index contributed by atoms with van der Waals surface area (Å²) in [6.07, 6.45) is 0.933. The van der Waals surface area contributed by atoms with E-state index in [0.717, 1.165) is 18.7 Å². The van der Waals surface area contributed by atoms with Crippen LogP contribution in [0.3, 0.4) is 0 Å². The highest BCUT2D eigenvalue weighted by molar-refractivity contribution is 6.31. The Hall–Kier alpha value is -1.42. The average molecular weight is 256 g/mol. The van der Waals surface area contributed by atoms with Gasteiger partial charge in [-0.05, 0) is 24.6 Å². The lowest BCUT2D eigenvalue weighted by Gasteiger charge is -2.25. The number of nitrogens with two attached hydrogens (primary N) is 1. The van der Waals surface area contributed by atoms with Crippen LogP contribution in [-0.2, 0) is 4.79 Å². The lowest BCUT2D eigenvalue weighted by atomic mass is 10.2. The molecule has 0 aliphatic heterocycles. The number of nitrogens with zero attached hydrogens (tertiary/aromatic N) is 1. The SMILES string of the molecule is CCCN(CC(=O)NC)c1cc(Cl)ccc1N. The van der Waals surface area contributed by atoms with E-state index in [-0.39, 0.29) is 12.5 Å². The number of rotatable bonds is 5. The summed E-state index contributed by atoms with van der Waals surface area (Å²) in [4.78, 5) is 13.4. The molecule has 0 saturated heterocycles. The summed E-state index contributed by atoms with van der Waals surface area (Å²) >= 11 is 5.95. The Kier molecular flexibility index (Phi) is 5.10. The molecule has 5 heteroatoms. The van der Waals surface area contributed by atoms with Gasteiger partial charge in [0.2, 0.25) is 5.91 Å². The van der Waals surface area contributed by atoms with Crippen LogP contribution in [0.25, 0.3) is 0 Å². The molecule has 0 heterocycles. The number of hydrogen-bond donors (Lipinski definition) is 2. The minimum Gasteiger partial charge on any atom is -0.397 e. The first kappa shape index (κ1) is 13.6. The van der Waals surface area contributed by atoms with Crippen LogP contribution in [0, 0.1) is 0 Å². The van der Waals surface area contributed by atoms with E-state index < -0.39 is 0 Å². The van der Waals surface area contributed by atoms with Crippen LogP contribution in [0.4, 0.5) is 11.4 Å². The van der Waals surface area contributed by atoms with Gasteiger partial charge in [-0.3, -0.25) is 4.79 Å². The zero-order chi connectivity index (χ0) is 12.8. The summed E-state index contributed by atoms with van der Waals surface area (Å²) in [5.41, 5.74) is 7.35. The molecule has 94 valence electrons. The van der Waals surface area contributed by atoms with Gasteiger partial charge in [-0.1, -0.05) is 18.5 Å². The van der Waals surface area contributed by atoms with Crippen LogP contribution in [-0.4, -0.2) is 26.0 Å². The quantitative estimate of drug-likeness (QED) is 0.790. The van der Waals surface area contributed by atoms with Gasteiger partial charge in [0.15, 0.2) is 0 Å². The molecule has 0 radical (unpaired) electrons. The molecule has 1 rings (SSSR count). The first-order valence-electron chi connectivity index (χ1n) is 5.59. The molecule has 0 atom stereocenters. The fraction of sp³-hybridized carbons (Fsp3) is 0.417. The third-order valence-corrected chi connectivity index (χ3v) is 2.68. The number of nitrogens with one attached hydrogen (secondary N) is 1. The topological polar surface area (TPSA) is 58.4 Å². The Bertz CT molecular complexity index is 395. The van der Waals surface area contributed by atoms with Gasteiger partial charge in [-0.15, -0.1) is 0 Å². The van der Waals surface area contributed by atoms with E-state index >= 15 is 0 Å². The predicted molar refractivity (Wildman–Crippen MR) is 72.4 cm³/mol. The molecule has 17 heavy (non-hydrogen) atoms. The van der Waals surface area contributed by atoms with Crippen LogP contribution in [0.15, 0.2) is 18.2 Å². The van der Waals surface area contributed by atoms with Gasteiger partial charge in [0.1, 0.15) is 0 Å². The van der Waals surface area contributed by atoms with E-state index in [9.17, 15) is 4.79 Å². The maximum absolute atomic E-state index is 11.4. The van der Waals surface area contributed by atoms with Crippen LogP contribution < -0.4 is 16.0 Å². The van der Waals surface area contributed by atoms with Crippen molar-refractivity contribution in [2.45, 2.75) is 13.3 Å². The highest BCUT2D eigenvalue weighted by Gasteiger charge is 2.12. The summed E-state index contributed by atoms with van der Waals surface area (Å²) in [7, 11) is 1.62. The van der Waals surface area contributed by atoms with Gasteiger partial charge >= 0.3 is 0 Å². The molecule has 0 unspecified atom stereocenters. The number of carbonyl (C=O) groups is 1. The second-order valence-corrected chi connectivity index (χ2v) is 4.23. The lowest BCUT2D eigenvalue weighted by Crippen LogP contribution is -2.36. The number of amides is 1. The fourth-order valence-corrected chi connectivity index (χ4v) is 1.76. The number of nitrogen functional groups attached to an aromatic ring is 1. The standard InChI is InChI=1S/C12H18ClN3O/c1-3-6-16(8-12(17)15-2)11-7-9(13)4-5-10(11)14/h4-5,7H,3,6,8,14H2,1-2H3,(H,15,17). The molecular formula is C12H18ClN3O. The molecule has 0 fully saturated rings. The number of hydrogen-bond acceptors (Lipinski definition) is 3. The highest BCUT2D eigenvalue weighted by Crippen LogP contribution is 2.26. The maximum atomic E-state index is 11.4. The zero-order valence-electron chi connectivity index (χ0n) is 10.2. The van der Waals surface area contributed by atoms with Crippen LogP contribution in [0.1, 0.15) is 13.3 Å². The Labute approximate surface area is 107 Å². The third kappa shape index (κ3) is 3.82. The maximum Gasteiger partial charge on any atom is 0.239 e. The molecule has 3 N–H and O–H groups in total. The highest BCUT2D eigenvalue weighted by atomic mass is 35.5. The predicted octanol–water partition coefficient (Wildman–Crippen LogP) is 1.88. The number of carbonyl (C=O) groups excluding carboxylic acids is 1. The molecule has 0 bridgehead atoms. The molecule has 0 aliphatic carbocycles. The molecular weight excluding hydrogens is 238 g/mol. The Morgan fingerprint density at radius 3 is 2.82 bits per heavy atom. The van der Waals surface area contributed by atoms with Crippen molar-refractivity contribution in [2.24, 2.45) is 0 Å². The Morgan fingerprint density at radius 1 is 1.53 bits per heavy atom. The number of anilines is 2. The third-order valence-electron chi connectivity index (χ3n) is 2.44. The van der Waals surface area contributed by atoms with E-state index in [1.54, 1.807) is 25.2 Å². The van der Waals surface area contributed by atoms with Gasteiger partial charge in [0.25, 0.3) is 0 Å². The van der Waals surface area contributed by atoms with E-state index in [4.69, 9.17) is 17.3 Å². The van der Waals surface area contributed by atoms with Crippen molar-refractivity contribution in [3.8, 4) is 0 Å². The molecule has 1 aromatic rings. The minimum atomic E-state index is -0.0437. The van der Waals surface area contributed by atoms with Crippen molar-refractivity contribution in [1.29, 1.82) is 0 Å². The summed E-state index contributed by atoms with van der Waals surface area (Å²) in [5, 5.41) is 3.22. The van der Waals surface area contributed by atoms with Crippen molar-refractivity contribution in [2.75, 3.05) is 30.8 Å². The molecule has 0 aromatic heterocycles. The number of likely N-dealkylation sites (N-methyl/N-ethyl adjacent to an activating group) is 1. The molecule has 0 saturated carbocycles. The van der Waals surface area contributed by atoms with Gasteiger partial charge < -0.3 is 16.0 Å². The lowest BCUT2D eigenvalue weighted by molar-refractivity contribution is -0.119. The van der Waals surface area contributed by atoms with Crippen molar-refractivity contribution in [3.63, 3.8) is 0 Å². The van der Waals surface area contributed by atoms with Gasteiger partial charge in [-0.2, -0.15) is 0 Å². The second kappa shape index (κ2) is 6.35. The number of halogens is 1. The Morgan fingerprint density at radius 2 is 2.24 bits per heavy atom. The zero-order valence-corrected chi connectivity index (χ0v) is 10.9. The minimum absolute atomic E-state index is 0.0437. The van der Waals surface area contributed by atoms with Gasteiger partial charge in [-0.25, -0.2) is 0 Å². The van der Waals surface area contributed by atoms with Crippen LogP contribution >= 0.6 is 11.6 Å². The summed E-state index contributed by atoms with van der Waals surface area (Å²) < 4.78 is 0. The molecule has 0 aliphatic rings. The van der Waals surface area contributed by atoms with Crippen LogP contribution in [0.2, 0.25) is 5.02 Å². The molecule has 0 spiro atoms. The molecule has 1 aromatic carbocycles. The first-order valence-corrected chi connectivity index (χ1v) is 5.96. The normalized spacial score (nSPS) is 10.1. The molecule has 4 nitrogen and oxygen atoms in total.